The summed E-state index contributed by atoms with van der Waals surface area (Å²) in [6.07, 6.45) is -2.15. The highest BCUT2D eigenvalue weighted by Crippen LogP contribution is 2.59. The Hall–Kier alpha value is -1.60. The zero-order chi connectivity index (χ0) is 15.9. The van der Waals surface area contributed by atoms with Crippen molar-refractivity contribution in [1.82, 2.24) is 10.2 Å². The molecule has 0 aliphatic heterocycles. The normalized spacial score (nSPS) is 34.2. The van der Waals surface area contributed by atoms with Crippen LogP contribution in [-0.2, 0) is 11.8 Å². The van der Waals surface area contributed by atoms with E-state index in [-0.39, 0.29) is 23.4 Å². The fraction of sp³-hybridized carbons (Fsp3) is 0.533. The lowest BCUT2D eigenvalue weighted by Gasteiger charge is -2.28. The summed E-state index contributed by atoms with van der Waals surface area (Å²) in [6.45, 7) is 1.42. The van der Waals surface area contributed by atoms with Gasteiger partial charge in [-0.2, -0.15) is 18.3 Å². The number of rotatable bonds is 1. The van der Waals surface area contributed by atoms with Crippen molar-refractivity contribution in [3.63, 3.8) is 0 Å². The molecule has 2 fully saturated rings. The van der Waals surface area contributed by atoms with Crippen LogP contribution in [0.15, 0.2) is 12.3 Å². The number of nitrogens with two attached hydrogens (primary N) is 1. The van der Waals surface area contributed by atoms with Crippen LogP contribution in [0.25, 0.3) is 10.9 Å². The molecule has 4 N–H and O–H groups in total. The summed E-state index contributed by atoms with van der Waals surface area (Å²) < 4.78 is 39.9. The van der Waals surface area contributed by atoms with Crippen molar-refractivity contribution in [2.24, 2.45) is 17.6 Å². The van der Waals surface area contributed by atoms with Crippen molar-refractivity contribution >= 4 is 10.9 Å². The zero-order valence-corrected chi connectivity index (χ0v) is 11.9. The van der Waals surface area contributed by atoms with Gasteiger partial charge in [-0.1, -0.05) is 0 Å². The van der Waals surface area contributed by atoms with Crippen LogP contribution in [-0.4, -0.2) is 21.3 Å². The summed E-state index contributed by atoms with van der Waals surface area (Å²) in [5.74, 6) is 0.421. The number of aliphatic hydroxyl groups is 1. The van der Waals surface area contributed by atoms with Crippen LogP contribution in [0, 0.1) is 18.8 Å². The Balaban J connectivity index is 1.91. The first-order valence-corrected chi connectivity index (χ1v) is 7.25. The SMILES string of the molecule is Cc1c(C(F)(F)F)cc([C@@]2(O)C[C@@H]3[C@@H](N)[C@@H]3C2)c2cn[nH]c12. The van der Waals surface area contributed by atoms with Crippen LogP contribution < -0.4 is 5.73 Å². The molecule has 2 aromatic rings. The summed E-state index contributed by atoms with van der Waals surface area (Å²) in [7, 11) is 0. The largest absolute Gasteiger partial charge is 0.416 e. The van der Waals surface area contributed by atoms with Gasteiger partial charge in [0.1, 0.15) is 0 Å². The highest BCUT2D eigenvalue weighted by atomic mass is 19.4. The minimum atomic E-state index is -4.47. The number of fused-ring (bicyclic) bond motifs is 2. The third-order valence-corrected chi connectivity index (χ3v) is 5.35. The summed E-state index contributed by atoms with van der Waals surface area (Å²) in [5, 5.41) is 18.0. The molecule has 0 spiro atoms. The van der Waals surface area contributed by atoms with Crippen molar-refractivity contribution in [3.05, 3.63) is 29.0 Å². The van der Waals surface area contributed by atoms with Crippen LogP contribution in [0.5, 0.6) is 0 Å². The molecule has 4 atom stereocenters. The molecule has 118 valence electrons. The molecule has 2 aliphatic rings. The molecule has 7 heteroatoms. The monoisotopic (exact) mass is 311 g/mol. The lowest BCUT2D eigenvalue weighted by molar-refractivity contribution is -0.138. The maximum atomic E-state index is 13.3. The van der Waals surface area contributed by atoms with Gasteiger partial charge < -0.3 is 10.8 Å². The molecule has 4 nitrogen and oxygen atoms in total. The molecule has 0 amide bonds. The highest BCUT2D eigenvalue weighted by Gasteiger charge is 2.60. The van der Waals surface area contributed by atoms with E-state index in [0.29, 0.717) is 29.3 Å². The van der Waals surface area contributed by atoms with Crippen molar-refractivity contribution in [3.8, 4) is 0 Å². The topological polar surface area (TPSA) is 74.9 Å². The van der Waals surface area contributed by atoms with Gasteiger partial charge in [-0.3, -0.25) is 5.10 Å². The average molecular weight is 311 g/mol. The molecule has 0 saturated heterocycles. The van der Waals surface area contributed by atoms with Gasteiger partial charge in [0.05, 0.1) is 22.9 Å². The number of aryl methyl sites for hydroxylation is 1. The molecular weight excluding hydrogens is 295 g/mol. The van der Waals surface area contributed by atoms with E-state index in [0.717, 1.165) is 6.07 Å². The predicted octanol–water partition coefficient (Wildman–Crippen LogP) is 2.44. The second kappa shape index (κ2) is 4.02. The van der Waals surface area contributed by atoms with Crippen LogP contribution in [0.3, 0.4) is 0 Å². The van der Waals surface area contributed by atoms with Gasteiger partial charge in [-0.05, 0) is 48.8 Å². The van der Waals surface area contributed by atoms with Gasteiger partial charge >= 0.3 is 6.18 Å². The summed E-state index contributed by atoms with van der Waals surface area (Å²) in [5.41, 5.74) is 4.66. The molecule has 4 rings (SSSR count). The predicted molar refractivity (Wildman–Crippen MR) is 73.9 cm³/mol. The lowest BCUT2D eigenvalue weighted by Crippen LogP contribution is -2.28. The standard InChI is InChI=1S/C15H16F3N3O/c1-6-10(15(16,17)18)2-11(9-5-20-21-13(6)9)14(22)3-7-8(4-14)12(7)19/h2,5,7-8,12,22H,3-4,19H2,1H3,(H,20,21)/t7-,8+,12+,14+. The van der Waals surface area contributed by atoms with Crippen LogP contribution >= 0.6 is 0 Å². The number of H-pyrrole nitrogens is 1. The van der Waals surface area contributed by atoms with Crippen LogP contribution in [0.4, 0.5) is 13.2 Å². The maximum Gasteiger partial charge on any atom is 0.416 e. The van der Waals surface area contributed by atoms with Crippen molar-refractivity contribution in [2.45, 2.75) is 37.6 Å². The van der Waals surface area contributed by atoms with Gasteiger partial charge in [0.25, 0.3) is 0 Å². The molecule has 1 aromatic heterocycles. The fourth-order valence-electron chi connectivity index (χ4n) is 4.05. The Labute approximate surface area is 124 Å². The molecule has 0 unspecified atom stereocenters. The fourth-order valence-corrected chi connectivity index (χ4v) is 4.05. The number of alkyl halides is 3. The second-order valence-corrected chi connectivity index (χ2v) is 6.60. The van der Waals surface area contributed by atoms with Crippen LogP contribution in [0.1, 0.15) is 29.5 Å². The zero-order valence-electron chi connectivity index (χ0n) is 11.9. The van der Waals surface area contributed by atoms with Crippen LogP contribution in [0.2, 0.25) is 0 Å². The third kappa shape index (κ3) is 1.75. The van der Waals surface area contributed by atoms with Gasteiger partial charge in [-0.25, -0.2) is 0 Å². The number of nitrogens with one attached hydrogen (secondary N) is 1. The molecule has 1 heterocycles. The van der Waals surface area contributed by atoms with Gasteiger partial charge in [0, 0.05) is 11.4 Å². The van der Waals surface area contributed by atoms with E-state index in [9.17, 15) is 18.3 Å². The smallest absolute Gasteiger partial charge is 0.385 e. The lowest BCUT2D eigenvalue weighted by atomic mass is 9.84. The van der Waals surface area contributed by atoms with E-state index in [4.69, 9.17) is 5.73 Å². The Bertz CT molecular complexity index is 755. The van der Waals surface area contributed by atoms with Crippen molar-refractivity contribution < 1.29 is 18.3 Å². The van der Waals surface area contributed by atoms with E-state index in [2.05, 4.69) is 10.2 Å². The molecular formula is C15H16F3N3O. The molecule has 22 heavy (non-hydrogen) atoms. The van der Waals surface area contributed by atoms with E-state index in [1.165, 1.54) is 13.1 Å². The highest BCUT2D eigenvalue weighted by molar-refractivity contribution is 5.87. The number of benzene rings is 1. The summed E-state index contributed by atoms with van der Waals surface area (Å²) >= 11 is 0. The molecule has 0 bridgehead atoms. The minimum absolute atomic E-state index is 0.0765. The first kappa shape index (κ1) is 14.0. The maximum absolute atomic E-state index is 13.3. The molecule has 2 aliphatic carbocycles. The average Bonchev–Trinajstić information content (AvgIpc) is 2.88. The summed E-state index contributed by atoms with van der Waals surface area (Å²) in [4.78, 5) is 0. The molecule has 2 saturated carbocycles. The van der Waals surface area contributed by atoms with Crippen molar-refractivity contribution in [2.75, 3.05) is 0 Å². The number of aromatic amines is 1. The van der Waals surface area contributed by atoms with Gasteiger partial charge in [0.2, 0.25) is 0 Å². The number of aromatic nitrogens is 2. The first-order valence-electron chi connectivity index (χ1n) is 7.25. The Morgan fingerprint density at radius 2 is 2.00 bits per heavy atom. The van der Waals surface area contributed by atoms with E-state index < -0.39 is 17.3 Å². The number of hydrogen-bond acceptors (Lipinski definition) is 3. The Morgan fingerprint density at radius 3 is 2.59 bits per heavy atom. The van der Waals surface area contributed by atoms with Gasteiger partial charge in [0.15, 0.2) is 0 Å². The molecule has 1 aromatic carbocycles. The number of hydrogen-bond donors (Lipinski definition) is 3. The molecule has 0 radical (unpaired) electrons. The third-order valence-electron chi connectivity index (χ3n) is 5.35. The minimum Gasteiger partial charge on any atom is -0.385 e. The van der Waals surface area contributed by atoms with Crippen molar-refractivity contribution in [1.29, 1.82) is 0 Å². The summed E-state index contributed by atoms with van der Waals surface area (Å²) in [6, 6.07) is 1.16. The van der Waals surface area contributed by atoms with E-state index in [1.807, 2.05) is 0 Å². The Kier molecular flexibility index (Phi) is 2.56. The van der Waals surface area contributed by atoms with Gasteiger partial charge in [-0.15, -0.1) is 0 Å². The number of nitrogens with zero attached hydrogens (tertiary/aromatic N) is 1. The second-order valence-electron chi connectivity index (χ2n) is 6.60. The Morgan fingerprint density at radius 1 is 1.36 bits per heavy atom. The number of halogens is 3. The quantitative estimate of drug-likeness (QED) is 0.757. The first-order chi connectivity index (χ1) is 10.2. The van der Waals surface area contributed by atoms with E-state index in [1.54, 1.807) is 0 Å². The van der Waals surface area contributed by atoms with E-state index >= 15 is 0 Å².